The van der Waals surface area contributed by atoms with Crippen LogP contribution in [0.25, 0.3) is 0 Å². The van der Waals surface area contributed by atoms with Crippen molar-refractivity contribution in [1.82, 2.24) is 0 Å². The maximum atomic E-state index is 12.0. The van der Waals surface area contributed by atoms with E-state index in [0.29, 0.717) is 4.91 Å². The normalized spacial score (nSPS) is 13.0. The van der Waals surface area contributed by atoms with Gasteiger partial charge in [-0.15, -0.1) is 0 Å². The fourth-order valence-electron chi connectivity index (χ4n) is 1.21. The van der Waals surface area contributed by atoms with Gasteiger partial charge >= 0.3 is 0 Å². The van der Waals surface area contributed by atoms with Gasteiger partial charge in [0.05, 0.1) is 11.0 Å². The lowest BCUT2D eigenvalue weighted by atomic mass is 10.2. The van der Waals surface area contributed by atoms with Gasteiger partial charge in [0.15, 0.2) is 11.1 Å². The fourth-order valence-corrected chi connectivity index (χ4v) is 2.16. The van der Waals surface area contributed by atoms with Gasteiger partial charge in [0.2, 0.25) is 0 Å². The van der Waals surface area contributed by atoms with Crippen LogP contribution in [0, 0.1) is 0 Å². The summed E-state index contributed by atoms with van der Waals surface area (Å²) in [7, 11) is 1.00. The Morgan fingerprint density at radius 1 is 1.17 bits per heavy atom. The average molecular weight is 361 g/mol. The van der Waals surface area contributed by atoms with E-state index in [2.05, 4.69) is 6.58 Å². The van der Waals surface area contributed by atoms with Gasteiger partial charge in [0.25, 0.3) is 0 Å². The molecule has 24 heavy (non-hydrogen) atoms. The molecule has 0 saturated heterocycles. The molecule has 0 aliphatic heterocycles. The first-order valence-corrected chi connectivity index (χ1v) is 9.77. The molecular formula is C20H40O3S. The molecule has 0 radical (unpaired) electrons. The van der Waals surface area contributed by atoms with Crippen molar-refractivity contribution in [2.45, 2.75) is 74.3 Å². The molecule has 0 aromatic heterocycles. The van der Waals surface area contributed by atoms with Gasteiger partial charge in [0.1, 0.15) is 0 Å². The Hall–Kier alpha value is -0.970. The summed E-state index contributed by atoms with van der Waals surface area (Å²) >= 11 is -1.41. The SMILES string of the molecule is C=C(C)/C=C\C(=C/C)S(=O)OC(CC)C/C=C\C.CC.CC.CO. The summed E-state index contributed by atoms with van der Waals surface area (Å²) in [6.45, 7) is 19.5. The zero-order valence-corrected chi connectivity index (χ0v) is 18.1. The highest BCUT2D eigenvalue weighted by Crippen LogP contribution is 2.14. The lowest BCUT2D eigenvalue weighted by Crippen LogP contribution is -2.13. The first-order chi connectivity index (χ1) is 11.5. The van der Waals surface area contributed by atoms with E-state index in [9.17, 15) is 4.21 Å². The van der Waals surface area contributed by atoms with Crippen molar-refractivity contribution in [3.63, 3.8) is 0 Å². The molecular weight excluding hydrogens is 320 g/mol. The number of hydrogen-bond donors (Lipinski definition) is 1. The minimum Gasteiger partial charge on any atom is -0.400 e. The zero-order valence-electron chi connectivity index (χ0n) is 17.3. The molecule has 2 atom stereocenters. The molecule has 2 unspecified atom stereocenters. The van der Waals surface area contributed by atoms with Crippen LogP contribution in [-0.2, 0) is 15.3 Å². The lowest BCUT2D eigenvalue weighted by Gasteiger charge is -2.13. The van der Waals surface area contributed by atoms with Crippen LogP contribution < -0.4 is 0 Å². The maximum Gasteiger partial charge on any atom is 0.189 e. The fraction of sp³-hybridized carbons (Fsp3) is 0.600. The first-order valence-electron chi connectivity index (χ1n) is 8.69. The van der Waals surface area contributed by atoms with E-state index in [-0.39, 0.29) is 6.10 Å². The van der Waals surface area contributed by atoms with Crippen LogP contribution in [0.2, 0.25) is 0 Å². The highest BCUT2D eigenvalue weighted by molar-refractivity contribution is 7.84. The second-order valence-electron chi connectivity index (χ2n) is 4.04. The van der Waals surface area contributed by atoms with Crippen LogP contribution in [0.15, 0.2) is 47.4 Å². The Kier molecular flexibility index (Phi) is 34.6. The third-order valence-corrected chi connectivity index (χ3v) is 3.53. The van der Waals surface area contributed by atoms with E-state index in [0.717, 1.165) is 25.5 Å². The predicted molar refractivity (Wildman–Crippen MR) is 111 cm³/mol. The van der Waals surface area contributed by atoms with Crippen LogP contribution in [-0.4, -0.2) is 22.5 Å². The molecule has 0 bridgehead atoms. The highest BCUT2D eigenvalue weighted by Gasteiger charge is 2.12. The molecule has 144 valence electrons. The van der Waals surface area contributed by atoms with Crippen molar-refractivity contribution in [3.05, 3.63) is 47.4 Å². The van der Waals surface area contributed by atoms with Crippen molar-refractivity contribution in [2.75, 3.05) is 7.11 Å². The van der Waals surface area contributed by atoms with E-state index in [4.69, 9.17) is 9.29 Å². The number of aliphatic hydroxyl groups is 1. The minimum absolute atomic E-state index is 0.00443. The van der Waals surface area contributed by atoms with Crippen molar-refractivity contribution in [1.29, 1.82) is 0 Å². The maximum absolute atomic E-state index is 12.0. The summed E-state index contributed by atoms with van der Waals surface area (Å²) in [6, 6.07) is 0. The molecule has 0 aliphatic rings. The molecule has 0 fully saturated rings. The van der Waals surface area contributed by atoms with Crippen LogP contribution in [0.3, 0.4) is 0 Å². The number of rotatable bonds is 8. The van der Waals surface area contributed by atoms with Gasteiger partial charge in [-0.25, -0.2) is 4.21 Å². The Morgan fingerprint density at radius 3 is 2.00 bits per heavy atom. The monoisotopic (exact) mass is 360 g/mol. The minimum atomic E-state index is -1.41. The summed E-state index contributed by atoms with van der Waals surface area (Å²) < 4.78 is 17.6. The van der Waals surface area contributed by atoms with Gasteiger partial charge in [-0.05, 0) is 39.7 Å². The number of aliphatic hydroxyl groups excluding tert-OH is 1. The summed E-state index contributed by atoms with van der Waals surface area (Å²) in [5, 5.41) is 7.00. The Morgan fingerprint density at radius 2 is 1.67 bits per heavy atom. The van der Waals surface area contributed by atoms with Crippen LogP contribution in [0.5, 0.6) is 0 Å². The standard InChI is InChI=1S/C15H24O2S.2C2H6.CH4O/c1-6-9-10-14(7-2)17-18(16)15(8-3)12-11-13(4)5;3*1-2/h6,8-9,11-12,14H,4,7,10H2,1-3,5H3;2*1-2H3;2H,1H3/b9-6-,12-11-,15-8+;;;. The van der Waals surface area contributed by atoms with E-state index < -0.39 is 11.1 Å². The van der Waals surface area contributed by atoms with Crippen molar-refractivity contribution in [3.8, 4) is 0 Å². The molecule has 0 rings (SSSR count). The van der Waals surface area contributed by atoms with Gasteiger partial charge in [-0.2, -0.15) is 0 Å². The third kappa shape index (κ3) is 21.0. The van der Waals surface area contributed by atoms with Gasteiger partial charge in [-0.1, -0.05) is 71.1 Å². The van der Waals surface area contributed by atoms with Gasteiger partial charge < -0.3 is 5.11 Å². The van der Waals surface area contributed by atoms with Crippen molar-refractivity contribution < 1.29 is 13.5 Å². The quantitative estimate of drug-likeness (QED) is 0.419. The van der Waals surface area contributed by atoms with Crippen LogP contribution in [0.4, 0.5) is 0 Å². The Labute approximate surface area is 153 Å². The van der Waals surface area contributed by atoms with E-state index in [1.807, 2.05) is 73.6 Å². The smallest absolute Gasteiger partial charge is 0.189 e. The van der Waals surface area contributed by atoms with E-state index >= 15 is 0 Å². The topological polar surface area (TPSA) is 46.5 Å². The molecule has 0 aromatic carbocycles. The second kappa shape index (κ2) is 26.9. The summed E-state index contributed by atoms with van der Waals surface area (Å²) in [5.41, 5.74) is 0.923. The van der Waals surface area contributed by atoms with E-state index in [1.54, 1.807) is 12.2 Å². The van der Waals surface area contributed by atoms with E-state index in [1.165, 1.54) is 0 Å². The molecule has 1 N–H and O–H groups in total. The first kappa shape index (κ1) is 30.9. The molecule has 0 saturated carbocycles. The number of allylic oxidation sites excluding steroid dienone is 5. The zero-order chi connectivity index (χ0) is 20.0. The van der Waals surface area contributed by atoms with Crippen LogP contribution in [0.1, 0.15) is 68.2 Å². The largest absolute Gasteiger partial charge is 0.400 e. The molecule has 0 aromatic rings. The average Bonchev–Trinajstić information content (AvgIpc) is 2.63. The van der Waals surface area contributed by atoms with Gasteiger partial charge in [0, 0.05) is 7.11 Å². The molecule has 3 nitrogen and oxygen atoms in total. The third-order valence-electron chi connectivity index (χ3n) is 2.32. The van der Waals surface area contributed by atoms with Crippen molar-refractivity contribution in [2.24, 2.45) is 0 Å². The van der Waals surface area contributed by atoms with Crippen molar-refractivity contribution >= 4 is 11.1 Å². The Bertz CT molecular complexity index is 369. The molecule has 0 aliphatic carbocycles. The lowest BCUT2D eigenvalue weighted by molar-refractivity contribution is 0.226. The molecule has 4 heteroatoms. The number of hydrogen-bond acceptors (Lipinski definition) is 3. The predicted octanol–water partition coefficient (Wildman–Crippen LogP) is 6.11. The Balaban J connectivity index is -0.000000297. The summed E-state index contributed by atoms with van der Waals surface area (Å²) in [6.07, 6.45) is 11.1. The summed E-state index contributed by atoms with van der Waals surface area (Å²) in [5.74, 6) is 0. The molecule has 0 amide bonds. The van der Waals surface area contributed by atoms with Crippen LogP contribution >= 0.6 is 0 Å². The van der Waals surface area contributed by atoms with Gasteiger partial charge in [-0.3, -0.25) is 4.18 Å². The second-order valence-corrected chi connectivity index (χ2v) is 5.17. The summed E-state index contributed by atoms with van der Waals surface area (Å²) in [4.78, 5) is 0.678. The highest BCUT2D eigenvalue weighted by atomic mass is 32.2. The molecule has 0 heterocycles. The molecule has 0 spiro atoms.